The molecule has 204 valence electrons. The van der Waals surface area contributed by atoms with E-state index in [1.807, 2.05) is 0 Å². The number of hydrogen-bond acceptors (Lipinski definition) is 5. The van der Waals surface area contributed by atoms with E-state index < -0.39 is 23.7 Å². The molecule has 2 aromatic carbocycles. The SMILES string of the molecule is Cc1c[nH]c(-c2cc(C(=O)Nc3ccc(C)c(NC(=O)N(C)c4ncnc5[nH]ccc45)c3)cc(C(F)(F)F)c2)n1. The van der Waals surface area contributed by atoms with Gasteiger partial charge in [-0.15, -0.1) is 0 Å². The van der Waals surface area contributed by atoms with E-state index in [-0.39, 0.29) is 22.6 Å². The lowest BCUT2D eigenvalue weighted by Gasteiger charge is -2.19. The summed E-state index contributed by atoms with van der Waals surface area (Å²) in [5, 5.41) is 6.06. The average molecular weight is 549 g/mol. The van der Waals surface area contributed by atoms with Crippen molar-refractivity contribution in [3.63, 3.8) is 0 Å². The normalized spacial score (nSPS) is 11.4. The number of imidazole rings is 1. The van der Waals surface area contributed by atoms with Crippen molar-refractivity contribution in [2.24, 2.45) is 0 Å². The minimum atomic E-state index is -4.67. The van der Waals surface area contributed by atoms with Crippen molar-refractivity contribution in [1.82, 2.24) is 24.9 Å². The average Bonchev–Trinajstić information content (AvgIpc) is 3.58. The van der Waals surface area contributed by atoms with E-state index in [1.54, 1.807) is 51.5 Å². The molecule has 0 aliphatic rings. The molecule has 0 aliphatic heterocycles. The van der Waals surface area contributed by atoms with Crippen molar-refractivity contribution < 1.29 is 22.8 Å². The minimum absolute atomic E-state index is 0.120. The van der Waals surface area contributed by atoms with E-state index in [0.29, 0.717) is 33.8 Å². The number of fused-ring (bicyclic) bond motifs is 1. The number of carbonyl (C=O) groups excluding carboxylic acids is 2. The number of nitrogens with one attached hydrogen (secondary N) is 4. The molecular weight excluding hydrogens is 525 g/mol. The van der Waals surface area contributed by atoms with Crippen LogP contribution in [0.4, 0.5) is 35.2 Å². The summed E-state index contributed by atoms with van der Waals surface area (Å²) in [6, 6.07) is 9.08. The molecule has 4 N–H and O–H groups in total. The molecule has 0 radical (unpaired) electrons. The predicted octanol–water partition coefficient (Wildman–Crippen LogP) is 5.90. The van der Waals surface area contributed by atoms with Crippen molar-refractivity contribution >= 4 is 40.2 Å². The molecule has 10 nitrogen and oxygen atoms in total. The molecule has 40 heavy (non-hydrogen) atoms. The monoisotopic (exact) mass is 548 g/mol. The van der Waals surface area contributed by atoms with Crippen LogP contribution in [0.15, 0.2) is 61.2 Å². The van der Waals surface area contributed by atoms with Crippen LogP contribution in [0.1, 0.15) is 27.2 Å². The Bertz CT molecular complexity index is 1740. The van der Waals surface area contributed by atoms with Gasteiger partial charge in [-0.2, -0.15) is 13.2 Å². The van der Waals surface area contributed by atoms with Gasteiger partial charge in [0, 0.05) is 41.9 Å². The van der Waals surface area contributed by atoms with Crippen molar-refractivity contribution in [2.75, 3.05) is 22.6 Å². The number of alkyl halides is 3. The number of amides is 3. The van der Waals surface area contributed by atoms with Crippen LogP contribution in [0.25, 0.3) is 22.4 Å². The fourth-order valence-corrected chi connectivity index (χ4v) is 4.08. The Labute approximate surface area is 225 Å². The number of aromatic nitrogens is 5. The first kappa shape index (κ1) is 26.4. The molecule has 0 bridgehead atoms. The first-order valence-electron chi connectivity index (χ1n) is 12.0. The second-order valence-corrected chi connectivity index (χ2v) is 9.10. The molecule has 0 aliphatic carbocycles. The number of urea groups is 1. The molecule has 5 aromatic rings. The van der Waals surface area contributed by atoms with Crippen LogP contribution in [-0.4, -0.2) is 43.9 Å². The van der Waals surface area contributed by atoms with E-state index in [1.165, 1.54) is 23.4 Å². The molecule has 3 heterocycles. The standard InChI is InChI=1S/C27H23F3N8O2/c1-14-4-5-19(11-21(14)37-26(40)38(3)24-20-6-7-31-23(20)33-13-34-24)36-25(39)17-8-16(22-32-12-15(2)35-22)9-18(10-17)27(28,29)30/h4-13H,1-3H3,(H,32,35)(H,36,39)(H,37,40)(H,31,33,34). The first-order chi connectivity index (χ1) is 19.0. The number of nitrogens with zero attached hydrogens (tertiary/aromatic N) is 4. The highest BCUT2D eigenvalue weighted by atomic mass is 19.4. The molecule has 0 fully saturated rings. The predicted molar refractivity (Wildman–Crippen MR) is 144 cm³/mol. The van der Waals surface area contributed by atoms with Gasteiger partial charge in [0.15, 0.2) is 0 Å². The highest BCUT2D eigenvalue weighted by molar-refractivity contribution is 6.07. The van der Waals surface area contributed by atoms with Gasteiger partial charge in [0.05, 0.1) is 16.6 Å². The highest BCUT2D eigenvalue weighted by Crippen LogP contribution is 2.33. The van der Waals surface area contributed by atoms with Crippen LogP contribution in [0, 0.1) is 13.8 Å². The second-order valence-electron chi connectivity index (χ2n) is 9.10. The highest BCUT2D eigenvalue weighted by Gasteiger charge is 2.32. The number of benzene rings is 2. The molecule has 0 saturated carbocycles. The molecule has 0 spiro atoms. The zero-order chi connectivity index (χ0) is 28.6. The minimum Gasteiger partial charge on any atom is -0.346 e. The first-order valence-corrected chi connectivity index (χ1v) is 12.0. The summed E-state index contributed by atoms with van der Waals surface area (Å²) in [7, 11) is 1.55. The van der Waals surface area contributed by atoms with Crippen LogP contribution < -0.4 is 15.5 Å². The summed E-state index contributed by atoms with van der Waals surface area (Å²) in [6.07, 6.45) is -0.0876. The third-order valence-corrected chi connectivity index (χ3v) is 6.19. The summed E-state index contributed by atoms with van der Waals surface area (Å²) in [4.78, 5) is 45.7. The Morgan fingerprint density at radius 3 is 2.50 bits per heavy atom. The van der Waals surface area contributed by atoms with Gasteiger partial charge in [0.1, 0.15) is 23.6 Å². The Balaban J connectivity index is 1.38. The van der Waals surface area contributed by atoms with E-state index in [0.717, 1.165) is 12.1 Å². The number of H-pyrrole nitrogens is 2. The Hall–Kier alpha value is -5.20. The third-order valence-electron chi connectivity index (χ3n) is 6.19. The number of aryl methyl sites for hydroxylation is 2. The molecular formula is C27H23F3N8O2. The smallest absolute Gasteiger partial charge is 0.346 e. The fraction of sp³-hybridized carbons (Fsp3) is 0.148. The number of anilines is 3. The van der Waals surface area contributed by atoms with Crippen LogP contribution in [0.2, 0.25) is 0 Å². The number of halogens is 3. The largest absolute Gasteiger partial charge is 0.416 e. The zero-order valence-corrected chi connectivity index (χ0v) is 21.5. The van der Waals surface area contributed by atoms with Crippen LogP contribution >= 0.6 is 0 Å². The molecule has 0 atom stereocenters. The molecule has 0 unspecified atom stereocenters. The van der Waals surface area contributed by atoms with Gasteiger partial charge in [-0.25, -0.2) is 19.7 Å². The van der Waals surface area contributed by atoms with Crippen LogP contribution in [-0.2, 0) is 6.18 Å². The summed E-state index contributed by atoms with van der Waals surface area (Å²) in [6.45, 7) is 3.46. The van der Waals surface area contributed by atoms with Crippen molar-refractivity contribution in [3.05, 3.63) is 83.6 Å². The van der Waals surface area contributed by atoms with E-state index in [4.69, 9.17) is 0 Å². The van der Waals surface area contributed by atoms with Gasteiger partial charge in [-0.05, 0) is 55.8 Å². The van der Waals surface area contributed by atoms with E-state index in [2.05, 4.69) is 35.6 Å². The van der Waals surface area contributed by atoms with Gasteiger partial charge in [-0.1, -0.05) is 6.07 Å². The lowest BCUT2D eigenvalue weighted by atomic mass is 10.0. The summed E-state index contributed by atoms with van der Waals surface area (Å²) < 4.78 is 40.9. The molecule has 3 amide bonds. The van der Waals surface area contributed by atoms with Gasteiger partial charge in [0.25, 0.3) is 5.91 Å². The topological polar surface area (TPSA) is 132 Å². The fourth-order valence-electron chi connectivity index (χ4n) is 4.08. The number of aromatic amines is 2. The summed E-state index contributed by atoms with van der Waals surface area (Å²) in [5.41, 5.74) is 1.47. The maximum absolute atomic E-state index is 13.6. The number of hydrogen-bond donors (Lipinski definition) is 4. The summed E-state index contributed by atoms with van der Waals surface area (Å²) >= 11 is 0. The van der Waals surface area contributed by atoms with Crippen LogP contribution in [0.5, 0.6) is 0 Å². The third kappa shape index (κ3) is 5.34. The number of carbonyl (C=O) groups is 2. The lowest BCUT2D eigenvalue weighted by molar-refractivity contribution is -0.137. The van der Waals surface area contributed by atoms with Gasteiger partial charge < -0.3 is 20.6 Å². The van der Waals surface area contributed by atoms with Gasteiger partial charge in [-0.3, -0.25) is 9.69 Å². The van der Waals surface area contributed by atoms with Crippen molar-refractivity contribution in [1.29, 1.82) is 0 Å². The second kappa shape index (κ2) is 10.2. The Morgan fingerprint density at radius 1 is 0.975 bits per heavy atom. The Kier molecular flexibility index (Phi) is 6.71. The molecule has 3 aromatic heterocycles. The number of rotatable bonds is 5. The molecule has 0 saturated heterocycles. The quantitative estimate of drug-likeness (QED) is 0.217. The summed E-state index contributed by atoms with van der Waals surface area (Å²) in [5.74, 6) is -0.162. The lowest BCUT2D eigenvalue weighted by Crippen LogP contribution is -2.32. The Morgan fingerprint density at radius 2 is 1.77 bits per heavy atom. The van der Waals surface area contributed by atoms with Gasteiger partial charge >= 0.3 is 12.2 Å². The van der Waals surface area contributed by atoms with Crippen molar-refractivity contribution in [3.8, 4) is 11.4 Å². The van der Waals surface area contributed by atoms with Crippen molar-refractivity contribution in [2.45, 2.75) is 20.0 Å². The van der Waals surface area contributed by atoms with Gasteiger partial charge in [0.2, 0.25) is 0 Å². The van der Waals surface area contributed by atoms with E-state index in [9.17, 15) is 22.8 Å². The maximum Gasteiger partial charge on any atom is 0.416 e. The zero-order valence-electron chi connectivity index (χ0n) is 21.5. The van der Waals surface area contributed by atoms with E-state index >= 15 is 0 Å². The maximum atomic E-state index is 13.6. The molecule has 5 rings (SSSR count). The molecule has 13 heteroatoms. The van der Waals surface area contributed by atoms with Crippen LogP contribution in [0.3, 0.4) is 0 Å².